The molecule has 0 aliphatic carbocycles. The molecule has 0 unspecified atom stereocenters. The van der Waals surface area contributed by atoms with Gasteiger partial charge in [-0.2, -0.15) is 0 Å². The van der Waals surface area contributed by atoms with Crippen molar-refractivity contribution >= 4 is 40.7 Å². The van der Waals surface area contributed by atoms with Crippen LogP contribution in [0.2, 0.25) is 0 Å². The third kappa shape index (κ3) is 2.90. The summed E-state index contributed by atoms with van der Waals surface area (Å²) in [5, 5.41) is 7.64. The molecule has 2 N–H and O–H groups in total. The zero-order valence-electron chi connectivity index (χ0n) is 6.69. The topological polar surface area (TPSA) is 56.7 Å². The van der Waals surface area contributed by atoms with Crippen molar-refractivity contribution in [2.45, 2.75) is 13.0 Å². The van der Waals surface area contributed by atoms with Crippen LogP contribution >= 0.6 is 40.7 Å². The number of aromatic nitrogens is 3. The molecule has 0 fully saturated rings. The van der Waals surface area contributed by atoms with Gasteiger partial charge in [0.15, 0.2) is 4.73 Å². The van der Waals surface area contributed by atoms with Gasteiger partial charge in [0.1, 0.15) is 5.82 Å². The van der Waals surface area contributed by atoms with E-state index in [9.17, 15) is 0 Å². The van der Waals surface area contributed by atoms with Gasteiger partial charge in [0, 0.05) is 7.05 Å². The van der Waals surface area contributed by atoms with E-state index < -0.39 is 0 Å². The van der Waals surface area contributed by atoms with Crippen molar-refractivity contribution in [3.05, 3.63) is 10.6 Å². The molecular formula is C5H11BrCl2N4. The summed E-state index contributed by atoms with van der Waals surface area (Å²) in [6, 6.07) is -0.0659. The lowest BCUT2D eigenvalue weighted by Gasteiger charge is -2.02. The Balaban J connectivity index is 0. The van der Waals surface area contributed by atoms with E-state index in [1.54, 1.807) is 0 Å². The van der Waals surface area contributed by atoms with Gasteiger partial charge in [-0.1, -0.05) is 0 Å². The molecule has 0 saturated heterocycles. The first-order valence-electron chi connectivity index (χ1n) is 2.93. The van der Waals surface area contributed by atoms with Crippen molar-refractivity contribution in [3.8, 4) is 0 Å². The van der Waals surface area contributed by atoms with E-state index in [2.05, 4.69) is 26.1 Å². The van der Waals surface area contributed by atoms with Gasteiger partial charge >= 0.3 is 0 Å². The molecule has 7 heteroatoms. The lowest BCUT2D eigenvalue weighted by atomic mass is 10.3. The molecule has 1 atom stereocenters. The molecule has 1 rings (SSSR count). The van der Waals surface area contributed by atoms with E-state index in [1.807, 2.05) is 18.5 Å². The molecule has 0 radical (unpaired) electrons. The lowest BCUT2D eigenvalue weighted by molar-refractivity contribution is 0.679. The summed E-state index contributed by atoms with van der Waals surface area (Å²) in [4.78, 5) is 0. The summed E-state index contributed by atoms with van der Waals surface area (Å²) in [7, 11) is 1.86. The Morgan fingerprint density at radius 2 is 1.92 bits per heavy atom. The second-order valence-electron chi connectivity index (χ2n) is 2.17. The second-order valence-corrected chi connectivity index (χ2v) is 2.88. The standard InChI is InChI=1S/C5H9BrN4.2ClH/c1-3(7)4-8-9-5(6)10(4)2;;/h3H,7H2,1-2H3;2*1H/t3-;;/m0../s1. The fraction of sp³-hybridized carbons (Fsp3) is 0.600. The van der Waals surface area contributed by atoms with Gasteiger partial charge in [-0.15, -0.1) is 35.0 Å². The summed E-state index contributed by atoms with van der Waals surface area (Å²) in [5.41, 5.74) is 5.58. The highest BCUT2D eigenvalue weighted by atomic mass is 79.9. The molecule has 0 aliphatic rings. The van der Waals surface area contributed by atoms with Crippen LogP contribution in [0.5, 0.6) is 0 Å². The zero-order valence-corrected chi connectivity index (χ0v) is 9.91. The van der Waals surface area contributed by atoms with E-state index in [4.69, 9.17) is 5.73 Å². The van der Waals surface area contributed by atoms with E-state index in [1.165, 1.54) is 0 Å². The average Bonchev–Trinajstić information content (AvgIpc) is 2.14. The molecule has 12 heavy (non-hydrogen) atoms. The number of hydrogen-bond donors (Lipinski definition) is 1. The summed E-state index contributed by atoms with van der Waals surface area (Å²) >= 11 is 3.22. The highest BCUT2D eigenvalue weighted by molar-refractivity contribution is 9.10. The van der Waals surface area contributed by atoms with Gasteiger partial charge in [0.2, 0.25) is 0 Å². The Hall–Kier alpha value is 0.160. The quantitative estimate of drug-likeness (QED) is 0.845. The minimum absolute atomic E-state index is 0. The predicted octanol–water partition coefficient (Wildman–Crippen LogP) is 1.44. The largest absolute Gasteiger partial charge is 0.322 e. The van der Waals surface area contributed by atoms with Crippen LogP contribution in [0.3, 0.4) is 0 Å². The predicted molar refractivity (Wildman–Crippen MR) is 55.8 cm³/mol. The van der Waals surface area contributed by atoms with Crippen molar-refractivity contribution in [1.29, 1.82) is 0 Å². The Labute approximate surface area is 91.9 Å². The minimum Gasteiger partial charge on any atom is -0.322 e. The Bertz CT molecular complexity index is 237. The molecule has 1 aromatic heterocycles. The number of halogens is 3. The van der Waals surface area contributed by atoms with Crippen LogP contribution in [0.4, 0.5) is 0 Å². The van der Waals surface area contributed by atoms with Crippen LogP contribution in [0.25, 0.3) is 0 Å². The summed E-state index contributed by atoms with van der Waals surface area (Å²) < 4.78 is 2.52. The minimum atomic E-state index is -0.0659. The molecule has 0 aromatic carbocycles. The molecule has 0 amide bonds. The van der Waals surface area contributed by atoms with Crippen molar-refractivity contribution < 1.29 is 0 Å². The fourth-order valence-electron chi connectivity index (χ4n) is 0.718. The number of rotatable bonds is 1. The van der Waals surface area contributed by atoms with E-state index in [0.29, 0.717) is 4.73 Å². The van der Waals surface area contributed by atoms with E-state index in [0.717, 1.165) is 5.82 Å². The third-order valence-electron chi connectivity index (χ3n) is 1.26. The van der Waals surface area contributed by atoms with Gasteiger partial charge in [-0.25, -0.2) is 0 Å². The second kappa shape index (κ2) is 5.75. The highest BCUT2D eigenvalue weighted by Crippen LogP contribution is 2.10. The van der Waals surface area contributed by atoms with Gasteiger partial charge in [-0.3, -0.25) is 0 Å². The van der Waals surface area contributed by atoms with Crippen LogP contribution in [0, 0.1) is 0 Å². The molecule has 0 bridgehead atoms. The summed E-state index contributed by atoms with van der Waals surface area (Å²) in [5.74, 6) is 0.784. The maximum absolute atomic E-state index is 5.58. The van der Waals surface area contributed by atoms with Crippen LogP contribution in [-0.4, -0.2) is 14.8 Å². The number of hydrogen-bond acceptors (Lipinski definition) is 3. The Morgan fingerprint density at radius 3 is 2.08 bits per heavy atom. The van der Waals surface area contributed by atoms with Crippen molar-refractivity contribution in [2.24, 2.45) is 12.8 Å². The number of nitrogens with zero attached hydrogens (tertiary/aromatic N) is 3. The molecule has 4 nitrogen and oxygen atoms in total. The van der Waals surface area contributed by atoms with E-state index in [-0.39, 0.29) is 30.9 Å². The summed E-state index contributed by atoms with van der Waals surface area (Å²) in [6.07, 6.45) is 0. The normalized spacial score (nSPS) is 11.3. The first-order valence-corrected chi connectivity index (χ1v) is 3.72. The number of nitrogens with two attached hydrogens (primary N) is 1. The molecular weight excluding hydrogens is 267 g/mol. The maximum Gasteiger partial charge on any atom is 0.199 e. The summed E-state index contributed by atoms with van der Waals surface area (Å²) in [6.45, 7) is 1.87. The molecule has 0 aliphatic heterocycles. The SMILES string of the molecule is C[C@H](N)c1nnc(Br)n1C.Cl.Cl. The molecule has 0 saturated carbocycles. The third-order valence-corrected chi connectivity index (χ3v) is 1.95. The fourth-order valence-corrected chi connectivity index (χ4v) is 0.979. The highest BCUT2D eigenvalue weighted by Gasteiger charge is 2.08. The molecule has 0 spiro atoms. The van der Waals surface area contributed by atoms with Crippen LogP contribution in [0.1, 0.15) is 18.8 Å². The van der Waals surface area contributed by atoms with Gasteiger partial charge in [0.25, 0.3) is 0 Å². The first kappa shape index (κ1) is 14.7. The average molecular weight is 278 g/mol. The van der Waals surface area contributed by atoms with Crippen molar-refractivity contribution in [2.75, 3.05) is 0 Å². The van der Waals surface area contributed by atoms with Crippen molar-refractivity contribution in [1.82, 2.24) is 14.8 Å². The van der Waals surface area contributed by atoms with Gasteiger partial charge < -0.3 is 10.3 Å². The Morgan fingerprint density at radius 1 is 1.42 bits per heavy atom. The first-order chi connectivity index (χ1) is 4.63. The Kier molecular flexibility index (Phi) is 7.02. The van der Waals surface area contributed by atoms with E-state index >= 15 is 0 Å². The molecule has 72 valence electrons. The van der Waals surface area contributed by atoms with Crippen LogP contribution in [0.15, 0.2) is 4.73 Å². The zero-order chi connectivity index (χ0) is 7.72. The smallest absolute Gasteiger partial charge is 0.199 e. The van der Waals surface area contributed by atoms with Gasteiger partial charge in [-0.05, 0) is 22.9 Å². The van der Waals surface area contributed by atoms with Crippen molar-refractivity contribution in [3.63, 3.8) is 0 Å². The molecule has 1 heterocycles. The van der Waals surface area contributed by atoms with Crippen LogP contribution < -0.4 is 5.73 Å². The monoisotopic (exact) mass is 276 g/mol. The van der Waals surface area contributed by atoms with Crippen LogP contribution in [-0.2, 0) is 7.05 Å². The van der Waals surface area contributed by atoms with Gasteiger partial charge in [0.05, 0.1) is 6.04 Å². The molecule has 1 aromatic rings. The lowest BCUT2D eigenvalue weighted by Crippen LogP contribution is -2.11. The maximum atomic E-state index is 5.58.